The quantitative estimate of drug-likeness (QED) is 0.916. The van der Waals surface area contributed by atoms with Gasteiger partial charge in [0, 0.05) is 34.4 Å². The largest absolute Gasteiger partial charge is 0.349 e. The number of nitrogens with zero attached hydrogens (tertiary/aromatic N) is 2. The Morgan fingerprint density at radius 2 is 1.95 bits per heavy atom. The van der Waals surface area contributed by atoms with Crippen molar-refractivity contribution in [2.24, 2.45) is 7.05 Å². The number of benzene rings is 1. The van der Waals surface area contributed by atoms with Crippen molar-refractivity contribution in [3.05, 3.63) is 50.7 Å². The van der Waals surface area contributed by atoms with Crippen LogP contribution in [0.1, 0.15) is 22.8 Å². The second kappa shape index (κ2) is 6.69. The standard InChI is InChI=1S/C14H14Cl3N3O/c1-8(19-14(21)9-6-18-20(2)7-9)3-11-12(16)4-10(15)5-13(11)17/h4-8H,3H2,1-2H3,(H,19,21)/t8-/m1/s1. The zero-order chi connectivity index (χ0) is 15.6. The summed E-state index contributed by atoms with van der Waals surface area (Å²) in [5.41, 5.74) is 1.28. The Morgan fingerprint density at radius 3 is 2.48 bits per heavy atom. The summed E-state index contributed by atoms with van der Waals surface area (Å²) in [5, 5.41) is 8.33. The van der Waals surface area contributed by atoms with Crippen molar-refractivity contribution in [1.29, 1.82) is 0 Å². The lowest BCUT2D eigenvalue weighted by Crippen LogP contribution is -2.34. The Hall–Kier alpha value is -1.23. The predicted octanol–water partition coefficient (Wildman–Crippen LogP) is 3.74. The van der Waals surface area contributed by atoms with Gasteiger partial charge in [-0.2, -0.15) is 5.10 Å². The number of aromatic nitrogens is 2. The summed E-state index contributed by atoms with van der Waals surface area (Å²) in [6, 6.07) is 3.15. The van der Waals surface area contributed by atoms with Crippen LogP contribution in [0, 0.1) is 0 Å². The van der Waals surface area contributed by atoms with Crippen molar-refractivity contribution in [2.45, 2.75) is 19.4 Å². The summed E-state index contributed by atoms with van der Waals surface area (Å²) >= 11 is 18.2. The predicted molar refractivity (Wildman–Crippen MR) is 85.3 cm³/mol. The summed E-state index contributed by atoms with van der Waals surface area (Å²) in [7, 11) is 1.76. The normalized spacial score (nSPS) is 12.2. The van der Waals surface area contributed by atoms with Crippen molar-refractivity contribution < 1.29 is 4.79 Å². The molecule has 4 nitrogen and oxygen atoms in total. The molecule has 21 heavy (non-hydrogen) atoms. The molecule has 0 aliphatic heterocycles. The van der Waals surface area contributed by atoms with Crippen LogP contribution >= 0.6 is 34.8 Å². The van der Waals surface area contributed by atoms with E-state index in [1.54, 1.807) is 30.1 Å². The molecule has 2 rings (SSSR count). The molecule has 0 fully saturated rings. The minimum Gasteiger partial charge on any atom is -0.349 e. The first-order valence-corrected chi connectivity index (χ1v) is 7.43. The van der Waals surface area contributed by atoms with Gasteiger partial charge in [0.15, 0.2) is 0 Å². The minimum absolute atomic E-state index is 0.131. The maximum absolute atomic E-state index is 12.0. The third-order valence-corrected chi connectivity index (χ3v) is 3.85. The third-order valence-electron chi connectivity index (χ3n) is 2.96. The van der Waals surface area contributed by atoms with E-state index in [9.17, 15) is 4.79 Å². The molecule has 112 valence electrons. The van der Waals surface area contributed by atoms with E-state index in [-0.39, 0.29) is 11.9 Å². The lowest BCUT2D eigenvalue weighted by molar-refractivity contribution is 0.0940. The van der Waals surface area contributed by atoms with Crippen molar-refractivity contribution in [1.82, 2.24) is 15.1 Å². The number of hydrogen-bond donors (Lipinski definition) is 1. The Bertz CT molecular complexity index is 646. The molecule has 0 bridgehead atoms. The summed E-state index contributed by atoms with van der Waals surface area (Å²) < 4.78 is 1.58. The summed E-state index contributed by atoms with van der Waals surface area (Å²) in [4.78, 5) is 12.0. The molecule has 0 spiro atoms. The molecule has 1 amide bonds. The van der Waals surface area contributed by atoms with Gasteiger partial charge in [-0.05, 0) is 31.0 Å². The molecular weight excluding hydrogens is 333 g/mol. The molecule has 1 heterocycles. The molecule has 1 N–H and O–H groups in total. The Balaban J connectivity index is 2.05. The zero-order valence-electron chi connectivity index (χ0n) is 11.5. The molecule has 0 aliphatic carbocycles. The molecule has 0 saturated carbocycles. The Kier molecular flexibility index (Phi) is 5.14. The molecule has 0 aliphatic rings. The van der Waals surface area contributed by atoms with E-state index in [4.69, 9.17) is 34.8 Å². The molecule has 2 aromatic rings. The fourth-order valence-electron chi connectivity index (χ4n) is 1.97. The van der Waals surface area contributed by atoms with Crippen LogP contribution in [0.5, 0.6) is 0 Å². The highest BCUT2D eigenvalue weighted by atomic mass is 35.5. The van der Waals surface area contributed by atoms with Crippen LogP contribution in [-0.2, 0) is 13.5 Å². The van der Waals surface area contributed by atoms with Crippen molar-refractivity contribution in [3.8, 4) is 0 Å². The van der Waals surface area contributed by atoms with Gasteiger partial charge in [0.25, 0.3) is 5.91 Å². The van der Waals surface area contributed by atoms with E-state index in [2.05, 4.69) is 10.4 Å². The van der Waals surface area contributed by atoms with Crippen LogP contribution in [0.3, 0.4) is 0 Å². The van der Waals surface area contributed by atoms with Gasteiger partial charge in [-0.15, -0.1) is 0 Å². The highest BCUT2D eigenvalue weighted by Gasteiger charge is 2.15. The number of aryl methyl sites for hydroxylation is 1. The number of nitrogens with one attached hydrogen (secondary N) is 1. The maximum Gasteiger partial charge on any atom is 0.254 e. The van der Waals surface area contributed by atoms with Crippen LogP contribution in [0.15, 0.2) is 24.5 Å². The van der Waals surface area contributed by atoms with E-state index in [1.165, 1.54) is 6.20 Å². The zero-order valence-corrected chi connectivity index (χ0v) is 13.8. The van der Waals surface area contributed by atoms with Gasteiger partial charge in [0.05, 0.1) is 11.8 Å². The lowest BCUT2D eigenvalue weighted by Gasteiger charge is -2.15. The van der Waals surface area contributed by atoms with Crippen LogP contribution < -0.4 is 5.32 Å². The second-order valence-corrected chi connectivity index (χ2v) is 6.08. The van der Waals surface area contributed by atoms with Gasteiger partial charge in [-0.1, -0.05) is 34.8 Å². The molecule has 1 aromatic heterocycles. The van der Waals surface area contributed by atoms with E-state index in [0.717, 1.165) is 5.56 Å². The average Bonchev–Trinajstić information content (AvgIpc) is 2.80. The Morgan fingerprint density at radius 1 is 1.33 bits per heavy atom. The first-order chi connectivity index (χ1) is 9.86. The average molecular weight is 347 g/mol. The fourth-order valence-corrected chi connectivity index (χ4v) is 2.94. The van der Waals surface area contributed by atoms with Gasteiger partial charge in [0.1, 0.15) is 0 Å². The number of halogens is 3. The lowest BCUT2D eigenvalue weighted by atomic mass is 10.1. The number of rotatable bonds is 4. The van der Waals surface area contributed by atoms with Crippen molar-refractivity contribution >= 4 is 40.7 Å². The fraction of sp³-hybridized carbons (Fsp3) is 0.286. The van der Waals surface area contributed by atoms with Gasteiger partial charge < -0.3 is 5.32 Å². The van der Waals surface area contributed by atoms with Crippen LogP contribution in [-0.4, -0.2) is 21.7 Å². The van der Waals surface area contributed by atoms with Crippen molar-refractivity contribution in [2.75, 3.05) is 0 Å². The monoisotopic (exact) mass is 345 g/mol. The molecular formula is C14H14Cl3N3O. The second-order valence-electron chi connectivity index (χ2n) is 4.83. The maximum atomic E-state index is 12.0. The number of amides is 1. The van der Waals surface area contributed by atoms with Crippen LogP contribution in [0.25, 0.3) is 0 Å². The van der Waals surface area contributed by atoms with Gasteiger partial charge >= 0.3 is 0 Å². The van der Waals surface area contributed by atoms with E-state index in [1.807, 2.05) is 6.92 Å². The molecule has 0 saturated heterocycles. The van der Waals surface area contributed by atoms with E-state index < -0.39 is 0 Å². The van der Waals surface area contributed by atoms with E-state index >= 15 is 0 Å². The highest BCUT2D eigenvalue weighted by Crippen LogP contribution is 2.29. The first-order valence-electron chi connectivity index (χ1n) is 6.29. The van der Waals surface area contributed by atoms with Crippen molar-refractivity contribution in [3.63, 3.8) is 0 Å². The van der Waals surface area contributed by atoms with Gasteiger partial charge in [-0.3, -0.25) is 9.48 Å². The summed E-state index contributed by atoms with van der Waals surface area (Å²) in [6.07, 6.45) is 3.69. The molecule has 0 unspecified atom stereocenters. The molecule has 0 radical (unpaired) electrons. The minimum atomic E-state index is -0.184. The van der Waals surface area contributed by atoms with Crippen LogP contribution in [0.4, 0.5) is 0 Å². The number of hydrogen-bond acceptors (Lipinski definition) is 2. The molecule has 7 heteroatoms. The third kappa shape index (κ3) is 4.13. The van der Waals surface area contributed by atoms with E-state index in [0.29, 0.717) is 27.1 Å². The molecule has 1 aromatic carbocycles. The molecule has 1 atom stereocenters. The smallest absolute Gasteiger partial charge is 0.254 e. The van der Waals surface area contributed by atoms with Crippen LogP contribution in [0.2, 0.25) is 15.1 Å². The SMILES string of the molecule is C[C@H](Cc1c(Cl)cc(Cl)cc1Cl)NC(=O)c1cnn(C)c1. The number of carbonyl (C=O) groups excluding carboxylic acids is 1. The summed E-state index contributed by atoms with van der Waals surface area (Å²) in [6.45, 7) is 1.88. The first kappa shape index (κ1) is 16.1. The highest BCUT2D eigenvalue weighted by molar-refractivity contribution is 6.39. The Labute approximate surface area is 138 Å². The van der Waals surface area contributed by atoms with Gasteiger partial charge in [0.2, 0.25) is 0 Å². The topological polar surface area (TPSA) is 46.9 Å². The number of carbonyl (C=O) groups is 1. The summed E-state index contributed by atoms with van der Waals surface area (Å²) in [5.74, 6) is -0.184. The van der Waals surface area contributed by atoms with Gasteiger partial charge in [-0.25, -0.2) is 0 Å².